The summed E-state index contributed by atoms with van der Waals surface area (Å²) >= 11 is 0. The Labute approximate surface area is 155 Å². The average Bonchev–Trinajstić information content (AvgIpc) is 3.43. The van der Waals surface area contributed by atoms with Crippen molar-refractivity contribution in [2.24, 2.45) is 5.92 Å². The maximum Gasteiger partial charge on any atom is 0.231 e. The second-order valence-electron chi connectivity index (χ2n) is 7.27. The highest BCUT2D eigenvalue weighted by Crippen LogP contribution is 2.54. The minimum atomic E-state index is -1.10. The van der Waals surface area contributed by atoms with E-state index in [9.17, 15) is 5.11 Å². The maximum atomic E-state index is 11.4. The van der Waals surface area contributed by atoms with Gasteiger partial charge in [-0.2, -0.15) is 0 Å². The second kappa shape index (κ2) is 5.51. The lowest BCUT2D eigenvalue weighted by molar-refractivity contribution is -0.0628. The van der Waals surface area contributed by atoms with Crippen LogP contribution < -0.4 is 18.9 Å². The number of hydrogen-bond donors (Lipinski definition) is 1. The largest absolute Gasteiger partial charge is 0.454 e. The molecule has 0 spiro atoms. The standard InChI is InChI=1S/C20H18O7/c21-20-8-23-18(11-1-3-14-16(5-11)26-9-24-14)13(20)7-22-19(20)12-2-4-15-17(6-12)27-10-25-15/h1-6,13,18-19,21H,7-10H2/t13-,18?,19-,20-/m0/s1. The van der Waals surface area contributed by atoms with E-state index in [4.69, 9.17) is 28.4 Å². The summed E-state index contributed by atoms with van der Waals surface area (Å²) < 4.78 is 33.7. The first-order chi connectivity index (χ1) is 13.2. The number of rotatable bonds is 2. The highest BCUT2D eigenvalue weighted by molar-refractivity contribution is 5.47. The Hall–Kier alpha value is -2.48. The smallest absolute Gasteiger partial charge is 0.231 e. The normalized spacial score (nSPS) is 32.7. The van der Waals surface area contributed by atoms with Gasteiger partial charge >= 0.3 is 0 Å². The second-order valence-corrected chi connectivity index (χ2v) is 7.27. The van der Waals surface area contributed by atoms with E-state index in [0.29, 0.717) is 23.9 Å². The molecule has 2 aromatic rings. The highest BCUT2D eigenvalue weighted by atomic mass is 16.7. The molecule has 6 rings (SSSR count). The van der Waals surface area contributed by atoms with Gasteiger partial charge in [-0.15, -0.1) is 0 Å². The van der Waals surface area contributed by atoms with Crippen molar-refractivity contribution in [3.05, 3.63) is 47.5 Å². The number of benzene rings is 2. The first kappa shape index (κ1) is 15.6. The van der Waals surface area contributed by atoms with Crippen molar-refractivity contribution in [2.45, 2.75) is 17.8 Å². The van der Waals surface area contributed by atoms with Crippen LogP contribution in [-0.4, -0.2) is 37.5 Å². The van der Waals surface area contributed by atoms with E-state index in [0.717, 1.165) is 16.9 Å². The fourth-order valence-corrected chi connectivity index (χ4v) is 4.43. The van der Waals surface area contributed by atoms with Crippen molar-refractivity contribution in [1.82, 2.24) is 0 Å². The summed E-state index contributed by atoms with van der Waals surface area (Å²) in [5.74, 6) is 2.65. The van der Waals surface area contributed by atoms with Gasteiger partial charge in [-0.1, -0.05) is 12.1 Å². The lowest BCUT2D eigenvalue weighted by Gasteiger charge is -2.27. The molecule has 0 saturated carbocycles. The van der Waals surface area contributed by atoms with Crippen LogP contribution in [0.4, 0.5) is 0 Å². The van der Waals surface area contributed by atoms with Crippen LogP contribution in [-0.2, 0) is 9.47 Å². The van der Waals surface area contributed by atoms with Gasteiger partial charge in [0.2, 0.25) is 13.6 Å². The van der Waals surface area contributed by atoms with Crippen molar-refractivity contribution in [2.75, 3.05) is 26.8 Å². The molecular weight excluding hydrogens is 352 g/mol. The third kappa shape index (κ3) is 2.19. The Balaban J connectivity index is 1.31. The van der Waals surface area contributed by atoms with Gasteiger partial charge in [0.1, 0.15) is 11.7 Å². The molecule has 2 fully saturated rings. The zero-order valence-electron chi connectivity index (χ0n) is 14.4. The predicted molar refractivity (Wildman–Crippen MR) is 91.0 cm³/mol. The Morgan fingerprint density at radius 1 is 0.778 bits per heavy atom. The van der Waals surface area contributed by atoms with Crippen molar-refractivity contribution < 1.29 is 33.5 Å². The first-order valence-corrected chi connectivity index (χ1v) is 8.97. The molecule has 2 saturated heterocycles. The highest BCUT2D eigenvalue weighted by Gasteiger charge is 2.59. The van der Waals surface area contributed by atoms with Gasteiger partial charge < -0.3 is 33.5 Å². The average molecular weight is 370 g/mol. The Morgan fingerprint density at radius 2 is 1.41 bits per heavy atom. The minimum absolute atomic E-state index is 0.173. The molecule has 140 valence electrons. The third-order valence-electron chi connectivity index (χ3n) is 5.82. The van der Waals surface area contributed by atoms with E-state index >= 15 is 0 Å². The minimum Gasteiger partial charge on any atom is -0.454 e. The molecule has 0 amide bonds. The molecule has 0 radical (unpaired) electrons. The molecule has 4 aliphatic rings. The van der Waals surface area contributed by atoms with Crippen LogP contribution in [0.2, 0.25) is 0 Å². The molecule has 0 aromatic heterocycles. The Kier molecular flexibility index (Phi) is 3.18. The topological polar surface area (TPSA) is 75.6 Å². The van der Waals surface area contributed by atoms with Crippen LogP contribution >= 0.6 is 0 Å². The summed E-state index contributed by atoms with van der Waals surface area (Å²) in [6, 6.07) is 11.4. The molecule has 7 nitrogen and oxygen atoms in total. The fraction of sp³-hybridized carbons (Fsp3) is 0.400. The molecule has 0 aliphatic carbocycles. The monoisotopic (exact) mass is 370 g/mol. The zero-order valence-corrected chi connectivity index (χ0v) is 14.4. The molecule has 4 heterocycles. The number of ether oxygens (including phenoxy) is 6. The van der Waals surface area contributed by atoms with Crippen molar-refractivity contribution >= 4 is 0 Å². The molecule has 7 heteroatoms. The van der Waals surface area contributed by atoms with Crippen LogP contribution in [0.1, 0.15) is 23.3 Å². The summed E-state index contributed by atoms with van der Waals surface area (Å²) in [7, 11) is 0. The van der Waals surface area contributed by atoms with Crippen LogP contribution in [0.25, 0.3) is 0 Å². The maximum absolute atomic E-state index is 11.4. The Morgan fingerprint density at radius 3 is 2.15 bits per heavy atom. The molecule has 0 bridgehead atoms. The van der Waals surface area contributed by atoms with E-state index in [-0.39, 0.29) is 32.2 Å². The molecule has 1 N–H and O–H groups in total. The fourth-order valence-electron chi connectivity index (χ4n) is 4.43. The summed E-state index contributed by atoms with van der Waals surface area (Å²) in [6.45, 7) is 1.06. The van der Waals surface area contributed by atoms with Gasteiger partial charge in [0.15, 0.2) is 23.0 Å². The van der Waals surface area contributed by atoms with Gasteiger partial charge in [-0.3, -0.25) is 0 Å². The molecule has 2 aromatic carbocycles. The quantitative estimate of drug-likeness (QED) is 0.870. The molecule has 4 aliphatic heterocycles. The van der Waals surface area contributed by atoms with Crippen molar-refractivity contribution in [3.8, 4) is 23.0 Å². The zero-order chi connectivity index (χ0) is 18.0. The molecule has 1 unspecified atom stereocenters. The van der Waals surface area contributed by atoms with Crippen LogP contribution in [0.3, 0.4) is 0 Å². The van der Waals surface area contributed by atoms with Crippen LogP contribution in [0.15, 0.2) is 36.4 Å². The molecular formula is C20H18O7. The van der Waals surface area contributed by atoms with E-state index in [1.54, 1.807) is 0 Å². The summed E-state index contributed by atoms with van der Waals surface area (Å²) in [6.07, 6.45) is -0.737. The van der Waals surface area contributed by atoms with Gasteiger partial charge in [0, 0.05) is 5.92 Å². The number of aliphatic hydroxyl groups is 1. The van der Waals surface area contributed by atoms with E-state index in [1.165, 1.54) is 0 Å². The van der Waals surface area contributed by atoms with Crippen molar-refractivity contribution in [3.63, 3.8) is 0 Å². The lowest BCUT2D eigenvalue weighted by atomic mass is 9.81. The Bertz CT molecular complexity index is 913. The lowest BCUT2D eigenvalue weighted by Crippen LogP contribution is -2.39. The van der Waals surface area contributed by atoms with Gasteiger partial charge in [-0.05, 0) is 35.4 Å². The summed E-state index contributed by atoms with van der Waals surface area (Å²) in [5.41, 5.74) is 0.712. The SMILES string of the molecule is O[C@@]12COC(c3ccc4c(c3)OCO4)[C@@H]1CO[C@H]2c1ccc2c(c1)OCO2. The summed E-state index contributed by atoms with van der Waals surface area (Å²) in [4.78, 5) is 0. The predicted octanol–water partition coefficient (Wildman–Crippen LogP) is 2.33. The van der Waals surface area contributed by atoms with Gasteiger partial charge in [0.05, 0.1) is 19.3 Å². The first-order valence-electron chi connectivity index (χ1n) is 8.97. The third-order valence-corrected chi connectivity index (χ3v) is 5.82. The molecule has 4 atom stereocenters. The van der Waals surface area contributed by atoms with E-state index in [1.807, 2.05) is 36.4 Å². The van der Waals surface area contributed by atoms with Crippen LogP contribution in [0.5, 0.6) is 23.0 Å². The number of hydrogen-bond acceptors (Lipinski definition) is 7. The van der Waals surface area contributed by atoms with Gasteiger partial charge in [-0.25, -0.2) is 0 Å². The van der Waals surface area contributed by atoms with Crippen molar-refractivity contribution in [1.29, 1.82) is 0 Å². The number of fused-ring (bicyclic) bond motifs is 3. The van der Waals surface area contributed by atoms with Crippen LogP contribution in [0, 0.1) is 5.92 Å². The molecule has 27 heavy (non-hydrogen) atoms. The van der Waals surface area contributed by atoms with E-state index in [2.05, 4.69) is 0 Å². The van der Waals surface area contributed by atoms with Gasteiger partial charge in [0.25, 0.3) is 0 Å². The van der Waals surface area contributed by atoms with E-state index < -0.39 is 11.7 Å². The summed E-state index contributed by atoms with van der Waals surface area (Å²) in [5, 5.41) is 11.4.